The fraction of sp³-hybridized carbons (Fsp3) is 0.857. The lowest BCUT2D eigenvalue weighted by Gasteiger charge is -2.39. The van der Waals surface area contributed by atoms with Crippen molar-refractivity contribution >= 4 is 17.7 Å². The number of likely N-dealkylation sites (N-methyl/N-ethyl adjacent to an activating group) is 1. The number of carbonyl (C=O) groups excluding carboxylic acids is 2. The maximum atomic E-state index is 13.3. The third kappa shape index (κ3) is 7.60. The number of hydrogen-bond acceptors (Lipinski definition) is 4. The SMILES string of the molecule is CC[C@H](C)[C@@H]([C@@H](CC(=O)O)OC)N(C)C(=O)[C@@H](CC(=O)C(C)(C)C)C(C)C. The molecule has 1 N–H and O–H groups in total. The molecule has 6 nitrogen and oxygen atoms in total. The van der Waals surface area contributed by atoms with E-state index in [4.69, 9.17) is 4.74 Å². The van der Waals surface area contributed by atoms with Gasteiger partial charge in [-0.2, -0.15) is 0 Å². The highest BCUT2D eigenvalue weighted by molar-refractivity contribution is 5.89. The van der Waals surface area contributed by atoms with E-state index in [0.29, 0.717) is 0 Å². The molecule has 27 heavy (non-hydrogen) atoms. The molecule has 0 fully saturated rings. The van der Waals surface area contributed by atoms with E-state index in [9.17, 15) is 19.5 Å². The van der Waals surface area contributed by atoms with E-state index < -0.39 is 23.4 Å². The predicted molar refractivity (Wildman–Crippen MR) is 106 cm³/mol. The molecule has 0 aromatic rings. The highest BCUT2D eigenvalue weighted by Gasteiger charge is 2.38. The second kappa shape index (κ2) is 10.8. The van der Waals surface area contributed by atoms with Gasteiger partial charge in [0.25, 0.3) is 0 Å². The molecule has 0 aromatic carbocycles. The number of carboxylic acid groups (broad SMARTS) is 1. The number of nitrogens with zero attached hydrogens (tertiary/aromatic N) is 1. The molecule has 0 aromatic heterocycles. The van der Waals surface area contributed by atoms with Crippen molar-refractivity contribution in [3.8, 4) is 0 Å². The second-order valence-electron chi connectivity index (χ2n) is 8.93. The predicted octanol–water partition coefficient (Wildman–Crippen LogP) is 3.63. The van der Waals surface area contributed by atoms with Gasteiger partial charge in [0, 0.05) is 31.9 Å². The van der Waals surface area contributed by atoms with Crippen LogP contribution >= 0.6 is 0 Å². The zero-order chi connectivity index (χ0) is 21.5. The minimum atomic E-state index is -0.959. The van der Waals surface area contributed by atoms with E-state index in [1.54, 1.807) is 11.9 Å². The molecule has 0 rings (SSSR count). The number of ketones is 1. The molecule has 0 aliphatic heterocycles. The summed E-state index contributed by atoms with van der Waals surface area (Å²) in [7, 11) is 3.17. The Morgan fingerprint density at radius 2 is 1.59 bits per heavy atom. The molecule has 158 valence electrons. The minimum absolute atomic E-state index is 0.00398. The Hall–Kier alpha value is -1.43. The van der Waals surface area contributed by atoms with Crippen LogP contribution in [-0.2, 0) is 19.1 Å². The number of ether oxygens (including phenoxy) is 1. The monoisotopic (exact) mass is 385 g/mol. The van der Waals surface area contributed by atoms with Crippen molar-refractivity contribution in [3.63, 3.8) is 0 Å². The maximum absolute atomic E-state index is 13.3. The summed E-state index contributed by atoms with van der Waals surface area (Å²) in [6.07, 6.45) is 0.206. The number of rotatable bonds is 11. The first-order valence-corrected chi connectivity index (χ1v) is 9.82. The van der Waals surface area contributed by atoms with E-state index >= 15 is 0 Å². The lowest BCUT2D eigenvalue weighted by atomic mass is 9.80. The van der Waals surface area contributed by atoms with Gasteiger partial charge >= 0.3 is 5.97 Å². The Labute approximate surface area is 164 Å². The van der Waals surface area contributed by atoms with Crippen LogP contribution in [-0.4, -0.2) is 54.0 Å². The molecule has 6 heteroatoms. The van der Waals surface area contributed by atoms with Crippen molar-refractivity contribution in [2.75, 3.05) is 14.2 Å². The van der Waals surface area contributed by atoms with Gasteiger partial charge in [-0.1, -0.05) is 54.9 Å². The summed E-state index contributed by atoms with van der Waals surface area (Å²) in [6, 6.07) is -0.366. The van der Waals surface area contributed by atoms with E-state index in [2.05, 4.69) is 0 Å². The Balaban J connectivity index is 5.70. The Morgan fingerprint density at radius 3 is 1.93 bits per heavy atom. The molecular weight excluding hydrogens is 346 g/mol. The molecule has 0 saturated heterocycles. The van der Waals surface area contributed by atoms with Gasteiger partial charge in [0.05, 0.1) is 18.6 Å². The smallest absolute Gasteiger partial charge is 0.306 e. The molecule has 0 unspecified atom stereocenters. The minimum Gasteiger partial charge on any atom is -0.481 e. The molecule has 0 saturated carbocycles. The van der Waals surface area contributed by atoms with Crippen LogP contribution in [0.4, 0.5) is 0 Å². The molecule has 0 spiro atoms. The third-order valence-electron chi connectivity index (χ3n) is 5.45. The van der Waals surface area contributed by atoms with Gasteiger partial charge in [-0.15, -0.1) is 0 Å². The van der Waals surface area contributed by atoms with Gasteiger partial charge in [0.1, 0.15) is 5.78 Å². The summed E-state index contributed by atoms with van der Waals surface area (Å²) in [5.74, 6) is -1.40. The fourth-order valence-electron chi connectivity index (χ4n) is 3.28. The van der Waals surface area contributed by atoms with Gasteiger partial charge in [0.2, 0.25) is 5.91 Å². The van der Waals surface area contributed by atoms with Crippen molar-refractivity contribution < 1.29 is 24.2 Å². The van der Waals surface area contributed by atoms with Crippen LogP contribution in [0.3, 0.4) is 0 Å². The van der Waals surface area contributed by atoms with Crippen molar-refractivity contribution in [1.82, 2.24) is 4.90 Å². The topological polar surface area (TPSA) is 83.9 Å². The quantitative estimate of drug-likeness (QED) is 0.587. The molecule has 0 radical (unpaired) electrons. The van der Waals surface area contributed by atoms with Crippen molar-refractivity contribution in [3.05, 3.63) is 0 Å². The highest BCUT2D eigenvalue weighted by Crippen LogP contribution is 2.28. The normalized spacial score (nSPS) is 16.5. The number of Topliss-reactive ketones (excluding diaryl/α,β-unsaturated/α-hetero) is 1. The van der Waals surface area contributed by atoms with Crippen LogP contribution in [0.25, 0.3) is 0 Å². The average Bonchev–Trinajstić information content (AvgIpc) is 2.55. The Bertz CT molecular complexity index is 509. The lowest BCUT2D eigenvalue weighted by molar-refractivity contribution is -0.149. The lowest BCUT2D eigenvalue weighted by Crippen LogP contribution is -2.52. The van der Waals surface area contributed by atoms with Gasteiger partial charge in [-0.05, 0) is 11.8 Å². The molecule has 0 bridgehead atoms. The van der Waals surface area contributed by atoms with Crippen LogP contribution in [0, 0.1) is 23.2 Å². The molecule has 0 aliphatic rings. The maximum Gasteiger partial charge on any atom is 0.306 e. The average molecular weight is 386 g/mol. The standard InChI is InChI=1S/C21H39NO5/c1-10-14(4)19(16(27-9)12-18(24)25)22(8)20(26)15(13(2)3)11-17(23)21(5,6)7/h13-16,19H,10-12H2,1-9H3,(H,24,25)/t14-,15-,16+,19-/m0/s1. The van der Waals surface area contributed by atoms with Crippen LogP contribution in [0.15, 0.2) is 0 Å². The van der Waals surface area contributed by atoms with Gasteiger partial charge in [-0.3, -0.25) is 14.4 Å². The van der Waals surface area contributed by atoms with Crippen LogP contribution in [0.5, 0.6) is 0 Å². The zero-order valence-corrected chi connectivity index (χ0v) is 18.5. The summed E-state index contributed by atoms with van der Waals surface area (Å²) in [6.45, 7) is 13.5. The third-order valence-corrected chi connectivity index (χ3v) is 5.45. The van der Waals surface area contributed by atoms with Crippen molar-refractivity contribution in [2.45, 2.75) is 79.9 Å². The van der Waals surface area contributed by atoms with E-state index in [0.717, 1.165) is 6.42 Å². The molecule has 0 aliphatic carbocycles. The van der Waals surface area contributed by atoms with E-state index in [-0.39, 0.29) is 42.4 Å². The molecule has 4 atom stereocenters. The summed E-state index contributed by atoms with van der Waals surface area (Å²) >= 11 is 0. The van der Waals surface area contributed by atoms with E-state index in [1.807, 2.05) is 48.5 Å². The Morgan fingerprint density at radius 1 is 1.07 bits per heavy atom. The van der Waals surface area contributed by atoms with Crippen LogP contribution in [0.1, 0.15) is 67.7 Å². The molecule has 0 heterocycles. The summed E-state index contributed by atoms with van der Waals surface area (Å²) < 4.78 is 5.45. The highest BCUT2D eigenvalue weighted by atomic mass is 16.5. The molecule has 1 amide bonds. The summed E-state index contributed by atoms with van der Waals surface area (Å²) in [5, 5.41) is 9.22. The van der Waals surface area contributed by atoms with Crippen molar-refractivity contribution in [2.24, 2.45) is 23.2 Å². The molecular formula is C21H39NO5. The van der Waals surface area contributed by atoms with E-state index in [1.165, 1.54) is 7.11 Å². The fourth-order valence-corrected chi connectivity index (χ4v) is 3.28. The van der Waals surface area contributed by atoms with Crippen LogP contribution < -0.4 is 0 Å². The summed E-state index contributed by atoms with van der Waals surface area (Å²) in [4.78, 5) is 38.7. The summed E-state index contributed by atoms with van der Waals surface area (Å²) in [5.41, 5.74) is -0.500. The van der Waals surface area contributed by atoms with Crippen LogP contribution in [0.2, 0.25) is 0 Å². The largest absolute Gasteiger partial charge is 0.481 e. The number of hydrogen-bond donors (Lipinski definition) is 1. The number of carboxylic acids is 1. The number of aliphatic carboxylic acids is 1. The van der Waals surface area contributed by atoms with Gasteiger partial charge < -0.3 is 14.7 Å². The zero-order valence-electron chi connectivity index (χ0n) is 18.5. The number of amides is 1. The first-order valence-electron chi connectivity index (χ1n) is 9.82. The number of methoxy groups -OCH3 is 1. The second-order valence-corrected chi connectivity index (χ2v) is 8.93. The van der Waals surface area contributed by atoms with Gasteiger partial charge in [-0.25, -0.2) is 0 Å². The number of carbonyl (C=O) groups is 3. The Kier molecular flexibility index (Phi) is 10.2. The first-order chi connectivity index (χ1) is 12.3. The van der Waals surface area contributed by atoms with Crippen molar-refractivity contribution in [1.29, 1.82) is 0 Å². The van der Waals surface area contributed by atoms with Gasteiger partial charge in [0.15, 0.2) is 0 Å². The first kappa shape index (κ1) is 25.6.